The van der Waals surface area contributed by atoms with E-state index in [4.69, 9.17) is 4.74 Å². The molecule has 1 aromatic rings. The van der Waals surface area contributed by atoms with Gasteiger partial charge in [-0.3, -0.25) is 4.90 Å². The van der Waals surface area contributed by atoms with Crippen molar-refractivity contribution in [1.82, 2.24) is 4.90 Å². The van der Waals surface area contributed by atoms with Gasteiger partial charge in [0.2, 0.25) is 0 Å². The molecule has 0 radical (unpaired) electrons. The number of ether oxygens (including phenoxy) is 1. The van der Waals surface area contributed by atoms with Crippen LogP contribution in [0.1, 0.15) is 31.2 Å². The molecular weight excluding hydrogens is 258 g/mol. The summed E-state index contributed by atoms with van der Waals surface area (Å²) >= 11 is 0. The van der Waals surface area contributed by atoms with Crippen LogP contribution in [0, 0.1) is 0 Å². The molecule has 2 aliphatic rings. The molecule has 0 aliphatic carbocycles. The van der Waals surface area contributed by atoms with Gasteiger partial charge in [-0.1, -0.05) is 30.3 Å². The third-order valence-electron chi connectivity index (χ3n) is 4.33. The van der Waals surface area contributed by atoms with Crippen molar-refractivity contribution in [3.05, 3.63) is 35.9 Å². The molecule has 0 saturated carbocycles. The van der Waals surface area contributed by atoms with Crippen LogP contribution in [0.15, 0.2) is 30.3 Å². The number of nitrogens with zero attached hydrogens (tertiary/aromatic N) is 1. The van der Waals surface area contributed by atoms with Gasteiger partial charge >= 0.3 is 12.1 Å². The molecule has 1 amide bonds. The lowest BCUT2D eigenvalue weighted by molar-refractivity contribution is -0.173. The van der Waals surface area contributed by atoms with Crippen LogP contribution in [-0.2, 0) is 16.1 Å². The number of carbonyl (C=O) groups is 2. The molecule has 0 spiro atoms. The number of piperidine rings is 1. The molecule has 5 nitrogen and oxygen atoms in total. The lowest BCUT2D eigenvalue weighted by Gasteiger charge is -2.58. The molecule has 20 heavy (non-hydrogen) atoms. The summed E-state index contributed by atoms with van der Waals surface area (Å²) < 4.78 is 5.27. The molecule has 0 aromatic heterocycles. The fourth-order valence-electron chi connectivity index (χ4n) is 3.31. The van der Waals surface area contributed by atoms with E-state index in [9.17, 15) is 14.7 Å². The highest BCUT2D eigenvalue weighted by Crippen LogP contribution is 2.48. The van der Waals surface area contributed by atoms with Gasteiger partial charge in [0.1, 0.15) is 12.1 Å². The maximum Gasteiger partial charge on any atom is 0.411 e. The van der Waals surface area contributed by atoms with Crippen LogP contribution in [0.25, 0.3) is 0 Å². The Hall–Kier alpha value is -2.04. The predicted octanol–water partition coefficient (Wildman–Crippen LogP) is 2.40. The first kappa shape index (κ1) is 13.0. The van der Waals surface area contributed by atoms with Crippen LogP contribution in [0.5, 0.6) is 0 Å². The number of amides is 1. The third-order valence-corrected chi connectivity index (χ3v) is 4.33. The van der Waals surface area contributed by atoms with E-state index >= 15 is 0 Å². The van der Waals surface area contributed by atoms with E-state index in [1.807, 2.05) is 30.3 Å². The zero-order valence-corrected chi connectivity index (χ0v) is 11.1. The first-order valence-corrected chi connectivity index (χ1v) is 6.87. The van der Waals surface area contributed by atoms with Crippen molar-refractivity contribution in [2.75, 3.05) is 0 Å². The number of rotatable bonds is 3. The average molecular weight is 275 g/mol. The number of hydrogen-bond donors (Lipinski definition) is 1. The van der Waals surface area contributed by atoms with Gasteiger partial charge in [-0.25, -0.2) is 9.59 Å². The van der Waals surface area contributed by atoms with E-state index in [2.05, 4.69) is 0 Å². The lowest BCUT2D eigenvalue weighted by atomic mass is 9.68. The first-order chi connectivity index (χ1) is 9.63. The minimum atomic E-state index is -1.02. The number of carbonyl (C=O) groups excluding carboxylic acids is 1. The third kappa shape index (κ3) is 1.94. The minimum Gasteiger partial charge on any atom is -0.479 e. The van der Waals surface area contributed by atoms with Crippen LogP contribution >= 0.6 is 0 Å². The summed E-state index contributed by atoms with van der Waals surface area (Å²) in [6, 6.07) is 9.42. The Morgan fingerprint density at radius 3 is 2.75 bits per heavy atom. The Morgan fingerprint density at radius 2 is 2.10 bits per heavy atom. The fourth-order valence-corrected chi connectivity index (χ4v) is 3.31. The maximum absolute atomic E-state index is 12.2. The molecule has 2 heterocycles. The van der Waals surface area contributed by atoms with Gasteiger partial charge in [-0.05, 0) is 24.8 Å². The summed E-state index contributed by atoms with van der Waals surface area (Å²) in [5, 5.41) is 9.39. The van der Waals surface area contributed by atoms with Crippen molar-refractivity contribution in [2.24, 2.45) is 0 Å². The summed E-state index contributed by atoms with van der Waals surface area (Å²) in [5.74, 6) is -0.912. The molecule has 3 rings (SSSR count). The molecule has 1 aromatic carbocycles. The maximum atomic E-state index is 12.2. The Balaban J connectivity index is 1.67. The zero-order chi connectivity index (χ0) is 14.2. The SMILES string of the molecule is O=C(OCc1ccccc1)N1C2CCCC1(C(=O)O)C2. The van der Waals surface area contributed by atoms with Crippen molar-refractivity contribution >= 4 is 12.1 Å². The topological polar surface area (TPSA) is 66.8 Å². The quantitative estimate of drug-likeness (QED) is 0.919. The van der Waals surface area contributed by atoms with Crippen LogP contribution in [0.3, 0.4) is 0 Å². The predicted molar refractivity (Wildman–Crippen MR) is 71.1 cm³/mol. The molecule has 2 bridgehead atoms. The van der Waals surface area contributed by atoms with Crippen molar-refractivity contribution in [2.45, 2.75) is 43.9 Å². The van der Waals surface area contributed by atoms with Gasteiger partial charge in [-0.2, -0.15) is 0 Å². The minimum absolute atomic E-state index is 0.0307. The van der Waals surface area contributed by atoms with E-state index < -0.39 is 17.6 Å². The van der Waals surface area contributed by atoms with E-state index in [1.54, 1.807) is 0 Å². The number of fused-ring (bicyclic) bond motifs is 2. The molecule has 5 heteroatoms. The van der Waals surface area contributed by atoms with Crippen LogP contribution < -0.4 is 0 Å². The van der Waals surface area contributed by atoms with Crippen molar-refractivity contribution in [3.8, 4) is 0 Å². The number of hydrogen-bond acceptors (Lipinski definition) is 3. The van der Waals surface area contributed by atoms with E-state index in [-0.39, 0.29) is 12.6 Å². The summed E-state index contributed by atoms with van der Waals surface area (Å²) in [4.78, 5) is 25.0. The molecule has 2 aliphatic heterocycles. The monoisotopic (exact) mass is 275 g/mol. The Labute approximate surface area is 117 Å². The second-order valence-corrected chi connectivity index (χ2v) is 5.50. The van der Waals surface area contributed by atoms with E-state index in [0.29, 0.717) is 12.8 Å². The normalized spacial score (nSPS) is 27.6. The van der Waals surface area contributed by atoms with Crippen molar-refractivity contribution < 1.29 is 19.4 Å². The van der Waals surface area contributed by atoms with Crippen LogP contribution in [0.2, 0.25) is 0 Å². The highest BCUT2D eigenvalue weighted by Gasteiger charge is 2.62. The van der Waals surface area contributed by atoms with Gasteiger partial charge in [-0.15, -0.1) is 0 Å². The largest absolute Gasteiger partial charge is 0.479 e. The zero-order valence-electron chi connectivity index (χ0n) is 11.1. The van der Waals surface area contributed by atoms with Crippen LogP contribution in [-0.4, -0.2) is 33.6 Å². The van der Waals surface area contributed by atoms with Crippen molar-refractivity contribution in [1.29, 1.82) is 0 Å². The van der Waals surface area contributed by atoms with E-state index in [0.717, 1.165) is 18.4 Å². The standard InChI is InChI=1S/C15H17NO4/c17-13(18)15-8-4-7-12(9-15)16(15)14(19)20-10-11-5-2-1-3-6-11/h1-3,5-6,12H,4,7-10H2,(H,17,18). The Kier molecular flexibility index (Phi) is 3.12. The second kappa shape index (κ2) is 4.81. The smallest absolute Gasteiger partial charge is 0.411 e. The lowest BCUT2D eigenvalue weighted by Crippen LogP contribution is -2.73. The van der Waals surface area contributed by atoms with Gasteiger partial charge in [0.25, 0.3) is 0 Å². The first-order valence-electron chi connectivity index (χ1n) is 6.87. The number of aliphatic carboxylic acids is 1. The van der Waals surface area contributed by atoms with Gasteiger partial charge in [0.05, 0.1) is 0 Å². The fraction of sp³-hybridized carbons (Fsp3) is 0.467. The van der Waals surface area contributed by atoms with Gasteiger partial charge in [0, 0.05) is 12.5 Å². The molecule has 1 N–H and O–H groups in total. The molecule has 2 saturated heterocycles. The van der Waals surface area contributed by atoms with Gasteiger partial charge in [0.15, 0.2) is 0 Å². The summed E-state index contributed by atoms with van der Waals surface area (Å²) in [6.45, 7) is 0.179. The number of carboxylic acid groups (broad SMARTS) is 1. The Morgan fingerprint density at radius 1 is 1.35 bits per heavy atom. The molecule has 2 fully saturated rings. The highest BCUT2D eigenvalue weighted by molar-refractivity contribution is 5.87. The molecule has 106 valence electrons. The van der Waals surface area contributed by atoms with Crippen molar-refractivity contribution in [3.63, 3.8) is 0 Å². The van der Waals surface area contributed by atoms with E-state index in [1.165, 1.54) is 4.90 Å². The van der Waals surface area contributed by atoms with Gasteiger partial charge < -0.3 is 9.84 Å². The average Bonchev–Trinajstić information content (AvgIpc) is 2.46. The second-order valence-electron chi connectivity index (χ2n) is 5.50. The molecule has 2 unspecified atom stereocenters. The summed E-state index contributed by atoms with van der Waals surface area (Å²) in [5.41, 5.74) is -0.118. The summed E-state index contributed by atoms with van der Waals surface area (Å²) in [7, 11) is 0. The highest BCUT2D eigenvalue weighted by atomic mass is 16.6. The Bertz CT molecular complexity index is 526. The molecule has 2 atom stereocenters. The number of carboxylic acids is 1. The van der Waals surface area contributed by atoms with Crippen LogP contribution in [0.4, 0.5) is 4.79 Å². The number of benzene rings is 1. The molecular formula is C15H17NO4. The summed E-state index contributed by atoms with van der Waals surface area (Å²) in [6.07, 6.45) is 2.31.